The summed E-state index contributed by atoms with van der Waals surface area (Å²) in [7, 11) is 0. The molecule has 1 aromatic carbocycles. The van der Waals surface area contributed by atoms with Gasteiger partial charge in [0.2, 0.25) is 0 Å². The number of allylic oxidation sites excluding steroid dienone is 1. The lowest BCUT2D eigenvalue weighted by atomic mass is 10.2. The lowest BCUT2D eigenvalue weighted by molar-refractivity contribution is -0.107. The highest BCUT2D eigenvalue weighted by Gasteiger charge is 1.99. The van der Waals surface area contributed by atoms with Crippen molar-refractivity contribution in [2.45, 2.75) is 6.42 Å². The van der Waals surface area contributed by atoms with Gasteiger partial charge in [0.1, 0.15) is 6.29 Å². The van der Waals surface area contributed by atoms with Crippen LogP contribution >= 0.6 is 23.2 Å². The maximum atomic E-state index is 10.0. The van der Waals surface area contributed by atoms with E-state index in [0.29, 0.717) is 16.5 Å². The zero-order valence-electron chi connectivity index (χ0n) is 6.84. The molecular weight excluding hydrogens is 207 g/mol. The van der Waals surface area contributed by atoms with E-state index < -0.39 is 0 Å². The monoisotopic (exact) mass is 214 g/mol. The molecule has 0 N–H and O–H groups in total. The van der Waals surface area contributed by atoms with E-state index in [1.807, 2.05) is 12.1 Å². The van der Waals surface area contributed by atoms with Crippen LogP contribution in [0.15, 0.2) is 24.3 Å². The molecule has 1 nitrogen and oxygen atoms in total. The molecule has 0 bridgehead atoms. The Hall–Kier alpha value is -0.790. The Morgan fingerprint density at radius 2 is 2.08 bits per heavy atom. The van der Waals surface area contributed by atoms with E-state index in [1.54, 1.807) is 18.2 Å². The van der Waals surface area contributed by atoms with Crippen molar-refractivity contribution in [3.63, 3.8) is 0 Å². The number of aldehydes is 1. The summed E-state index contributed by atoms with van der Waals surface area (Å²) in [5, 5.41) is 1.04. The van der Waals surface area contributed by atoms with Gasteiger partial charge in [-0.3, -0.25) is 0 Å². The number of halogens is 2. The second-order valence-corrected chi connectivity index (χ2v) is 3.23. The van der Waals surface area contributed by atoms with Crippen LogP contribution in [0.3, 0.4) is 0 Å². The second-order valence-electron chi connectivity index (χ2n) is 2.45. The Morgan fingerprint density at radius 3 is 2.77 bits per heavy atom. The first-order valence-electron chi connectivity index (χ1n) is 3.80. The fourth-order valence-corrected chi connectivity index (χ4v) is 1.27. The summed E-state index contributed by atoms with van der Waals surface area (Å²) in [6.07, 6.45) is 4.74. The molecule has 0 heterocycles. The van der Waals surface area contributed by atoms with E-state index in [0.717, 1.165) is 11.8 Å². The molecule has 0 radical (unpaired) electrons. The van der Waals surface area contributed by atoms with Crippen molar-refractivity contribution in [2.75, 3.05) is 0 Å². The van der Waals surface area contributed by atoms with Gasteiger partial charge in [0, 0.05) is 6.42 Å². The minimum Gasteiger partial charge on any atom is -0.303 e. The lowest BCUT2D eigenvalue weighted by Crippen LogP contribution is -1.76. The molecule has 1 rings (SSSR count). The van der Waals surface area contributed by atoms with E-state index in [-0.39, 0.29) is 0 Å². The van der Waals surface area contributed by atoms with Crippen molar-refractivity contribution in [3.8, 4) is 0 Å². The molecule has 0 fully saturated rings. The molecule has 0 aliphatic rings. The minimum atomic E-state index is 0.392. The third-order valence-corrected chi connectivity index (χ3v) is 2.34. The molecule has 0 aromatic heterocycles. The fourth-order valence-electron chi connectivity index (χ4n) is 0.900. The predicted molar refractivity (Wildman–Crippen MR) is 56.2 cm³/mol. The van der Waals surface area contributed by atoms with Gasteiger partial charge in [0.25, 0.3) is 0 Å². The lowest BCUT2D eigenvalue weighted by Gasteiger charge is -1.98. The van der Waals surface area contributed by atoms with Gasteiger partial charge < -0.3 is 4.79 Å². The molecule has 0 aliphatic heterocycles. The number of hydrogen-bond acceptors (Lipinski definition) is 1. The summed E-state index contributed by atoms with van der Waals surface area (Å²) < 4.78 is 0. The molecule has 13 heavy (non-hydrogen) atoms. The number of rotatable bonds is 3. The van der Waals surface area contributed by atoms with Crippen LogP contribution in [0.25, 0.3) is 6.08 Å². The third kappa shape index (κ3) is 2.87. The predicted octanol–water partition coefficient (Wildman–Crippen LogP) is 3.60. The van der Waals surface area contributed by atoms with Gasteiger partial charge in [-0.25, -0.2) is 0 Å². The maximum Gasteiger partial charge on any atom is 0.123 e. The average Bonchev–Trinajstić information content (AvgIpc) is 2.13. The Balaban J connectivity index is 2.88. The van der Waals surface area contributed by atoms with E-state index in [1.165, 1.54) is 0 Å². The summed E-state index contributed by atoms with van der Waals surface area (Å²) in [5.41, 5.74) is 0.830. The van der Waals surface area contributed by atoms with E-state index in [4.69, 9.17) is 23.2 Å². The number of hydrogen-bond donors (Lipinski definition) is 0. The maximum absolute atomic E-state index is 10.0. The number of benzene rings is 1. The molecule has 0 spiro atoms. The normalized spacial score (nSPS) is 10.6. The molecule has 0 aliphatic carbocycles. The van der Waals surface area contributed by atoms with Gasteiger partial charge >= 0.3 is 0 Å². The van der Waals surface area contributed by atoms with Crippen molar-refractivity contribution in [2.24, 2.45) is 0 Å². The van der Waals surface area contributed by atoms with Crippen LogP contribution < -0.4 is 0 Å². The first-order valence-corrected chi connectivity index (χ1v) is 4.55. The van der Waals surface area contributed by atoms with Crippen LogP contribution in [0.2, 0.25) is 10.0 Å². The number of carbonyl (C=O) groups excluding carboxylic acids is 1. The van der Waals surface area contributed by atoms with Crippen LogP contribution in [0.4, 0.5) is 0 Å². The topological polar surface area (TPSA) is 17.1 Å². The average molecular weight is 215 g/mol. The van der Waals surface area contributed by atoms with Crippen LogP contribution in [0.1, 0.15) is 12.0 Å². The molecule has 1 aromatic rings. The molecule has 68 valence electrons. The quantitative estimate of drug-likeness (QED) is 0.704. The molecule has 0 saturated carbocycles. The van der Waals surface area contributed by atoms with Crippen molar-refractivity contribution in [1.82, 2.24) is 0 Å². The van der Waals surface area contributed by atoms with Crippen molar-refractivity contribution in [3.05, 3.63) is 39.9 Å². The van der Waals surface area contributed by atoms with E-state index in [9.17, 15) is 4.79 Å². The van der Waals surface area contributed by atoms with Crippen molar-refractivity contribution < 1.29 is 4.79 Å². The Bertz CT molecular complexity index is 332. The van der Waals surface area contributed by atoms with Crippen LogP contribution in [-0.2, 0) is 4.79 Å². The van der Waals surface area contributed by atoms with E-state index in [2.05, 4.69) is 0 Å². The van der Waals surface area contributed by atoms with Crippen LogP contribution in [-0.4, -0.2) is 6.29 Å². The molecular formula is C10H8Cl2O. The fraction of sp³-hybridized carbons (Fsp3) is 0.100. The Morgan fingerprint density at radius 1 is 1.31 bits per heavy atom. The summed E-state index contributed by atoms with van der Waals surface area (Å²) in [6.45, 7) is 0. The smallest absolute Gasteiger partial charge is 0.123 e. The van der Waals surface area contributed by atoms with Gasteiger partial charge in [-0.05, 0) is 11.6 Å². The van der Waals surface area contributed by atoms with Gasteiger partial charge in [0.05, 0.1) is 10.0 Å². The zero-order valence-corrected chi connectivity index (χ0v) is 8.35. The minimum absolute atomic E-state index is 0.392. The Kier molecular flexibility index (Phi) is 4.00. The van der Waals surface area contributed by atoms with Gasteiger partial charge in [-0.15, -0.1) is 0 Å². The SMILES string of the molecule is O=CCC=Cc1cccc(Cl)c1Cl. The summed E-state index contributed by atoms with van der Waals surface area (Å²) >= 11 is 11.7. The van der Waals surface area contributed by atoms with Crippen LogP contribution in [0.5, 0.6) is 0 Å². The third-order valence-electron chi connectivity index (χ3n) is 1.51. The Labute approximate surface area is 87.0 Å². The highest BCUT2D eigenvalue weighted by Crippen LogP contribution is 2.26. The highest BCUT2D eigenvalue weighted by atomic mass is 35.5. The molecule has 0 atom stereocenters. The van der Waals surface area contributed by atoms with Crippen molar-refractivity contribution >= 4 is 35.6 Å². The van der Waals surface area contributed by atoms with Gasteiger partial charge in [-0.2, -0.15) is 0 Å². The standard InChI is InChI=1S/C10H8Cl2O/c11-9-6-3-5-8(10(9)12)4-1-2-7-13/h1,3-7H,2H2. The molecule has 3 heteroatoms. The number of carbonyl (C=O) groups is 1. The van der Waals surface area contributed by atoms with Gasteiger partial charge in [-0.1, -0.05) is 47.5 Å². The largest absolute Gasteiger partial charge is 0.303 e. The van der Waals surface area contributed by atoms with E-state index >= 15 is 0 Å². The second kappa shape index (κ2) is 5.05. The van der Waals surface area contributed by atoms with Crippen LogP contribution in [0, 0.1) is 0 Å². The highest BCUT2D eigenvalue weighted by molar-refractivity contribution is 6.42. The molecule has 0 amide bonds. The first-order chi connectivity index (χ1) is 6.25. The zero-order chi connectivity index (χ0) is 9.68. The molecule has 0 unspecified atom stereocenters. The van der Waals surface area contributed by atoms with Crippen molar-refractivity contribution in [1.29, 1.82) is 0 Å². The molecule has 0 saturated heterocycles. The first kappa shape index (κ1) is 10.3. The summed E-state index contributed by atoms with van der Waals surface area (Å²) in [5.74, 6) is 0. The summed E-state index contributed by atoms with van der Waals surface area (Å²) in [4.78, 5) is 10.0. The van der Waals surface area contributed by atoms with Gasteiger partial charge in [0.15, 0.2) is 0 Å². The summed E-state index contributed by atoms with van der Waals surface area (Å²) in [6, 6.07) is 5.38.